The Hall–Kier alpha value is -8.66. The molecule has 0 saturated heterocycles. The van der Waals surface area contributed by atoms with Crippen molar-refractivity contribution in [3.8, 4) is 68.7 Å². The lowest BCUT2D eigenvalue weighted by atomic mass is 9.94. The Labute approximate surface area is 404 Å². The summed E-state index contributed by atoms with van der Waals surface area (Å²) < 4.78 is 19.0. The second-order valence-corrected chi connectivity index (χ2v) is 17.3. The SMILES string of the molecule is COc1nc(-c2nc3n(n2)CCC[C@@H]3c2cccc(-c3ccccc3)n2)ccc1-n1cnc(C)c1.COc1nc(-c2nc3n(n2)CCC[C@H]3c2cccc(-c3ccccc3)n2)ccc1-n1cnc(C)c1. The number of hydrogen-bond acceptors (Lipinski definition) is 12. The number of hydrogen-bond donors (Lipinski definition) is 0. The summed E-state index contributed by atoms with van der Waals surface area (Å²) in [5, 5.41) is 9.60. The number of rotatable bonds is 10. The summed E-state index contributed by atoms with van der Waals surface area (Å²) in [5.41, 5.74) is 11.0. The lowest BCUT2D eigenvalue weighted by Gasteiger charge is -2.22. The minimum atomic E-state index is 0.0868. The molecule has 16 nitrogen and oxygen atoms in total. The molecule has 2 atom stereocenters. The van der Waals surface area contributed by atoms with Crippen LogP contribution >= 0.6 is 0 Å². The number of aryl methyl sites for hydroxylation is 4. The van der Waals surface area contributed by atoms with E-state index in [2.05, 4.69) is 70.6 Å². The number of nitrogens with zero attached hydrogens (tertiary/aromatic N) is 14. The molecule has 10 heterocycles. The fourth-order valence-electron chi connectivity index (χ4n) is 9.22. The predicted molar refractivity (Wildman–Crippen MR) is 265 cm³/mol. The monoisotopic (exact) mass is 926 g/mol. The van der Waals surface area contributed by atoms with E-state index >= 15 is 0 Å². The Morgan fingerprint density at radius 3 is 1.30 bits per heavy atom. The molecule has 2 aliphatic heterocycles. The fourth-order valence-corrected chi connectivity index (χ4v) is 9.22. The van der Waals surface area contributed by atoms with Gasteiger partial charge in [-0.3, -0.25) is 9.97 Å². The number of ether oxygens (including phenoxy) is 2. The van der Waals surface area contributed by atoms with E-state index in [9.17, 15) is 0 Å². The van der Waals surface area contributed by atoms with Crippen LogP contribution in [0.5, 0.6) is 11.8 Å². The Kier molecular flexibility index (Phi) is 12.0. The normalized spacial score (nSPS) is 15.1. The number of imidazole rings is 2. The number of benzene rings is 2. The van der Waals surface area contributed by atoms with Gasteiger partial charge in [-0.2, -0.15) is 0 Å². The van der Waals surface area contributed by atoms with Crippen molar-refractivity contribution in [2.75, 3.05) is 14.2 Å². The van der Waals surface area contributed by atoms with Crippen molar-refractivity contribution in [3.05, 3.63) is 181 Å². The van der Waals surface area contributed by atoms with E-state index < -0.39 is 0 Å². The first-order valence-electron chi connectivity index (χ1n) is 23.5. The molecular weight excluding hydrogens is 877 g/mol. The van der Waals surface area contributed by atoms with Gasteiger partial charge in [0, 0.05) is 36.6 Å². The number of methoxy groups -OCH3 is 2. The molecule has 2 aromatic carbocycles. The van der Waals surface area contributed by atoms with E-state index in [0.717, 1.165) is 107 Å². The predicted octanol–water partition coefficient (Wildman–Crippen LogP) is 9.66. The molecule has 10 aromatic rings. The first kappa shape index (κ1) is 43.9. The standard InChI is InChI=1S/2C27H25N7O/c2*1-18-16-33(17-28-18)24-14-13-23(30-27(24)35-2)25-31-26-20(10-7-15-34(26)32-25)22-12-6-11-21(29-22)19-8-4-3-5-9-19/h2*3-6,8-9,11-14,16-17,20H,7,10,15H2,1-2H3/t2*20-/m10/s1. The number of aromatic nitrogens is 14. The van der Waals surface area contributed by atoms with Crippen LogP contribution in [0.25, 0.3) is 56.9 Å². The van der Waals surface area contributed by atoms with Crippen LogP contribution in [-0.4, -0.2) is 82.8 Å². The first-order chi connectivity index (χ1) is 34.4. The molecular formula is C54H50N14O2. The Morgan fingerprint density at radius 1 is 0.457 bits per heavy atom. The molecule has 0 saturated carbocycles. The van der Waals surface area contributed by atoms with Crippen molar-refractivity contribution in [2.24, 2.45) is 0 Å². The van der Waals surface area contributed by atoms with Gasteiger partial charge in [-0.25, -0.2) is 39.3 Å². The molecule has 12 rings (SSSR count). The van der Waals surface area contributed by atoms with Gasteiger partial charge >= 0.3 is 0 Å². The van der Waals surface area contributed by atoms with Crippen molar-refractivity contribution in [2.45, 2.75) is 64.5 Å². The second kappa shape index (κ2) is 19.1. The zero-order chi connectivity index (χ0) is 47.6. The maximum Gasteiger partial charge on any atom is 0.238 e. The molecule has 0 amide bonds. The van der Waals surface area contributed by atoms with Crippen LogP contribution in [0.15, 0.2) is 146 Å². The Bertz CT molecular complexity index is 3200. The van der Waals surface area contributed by atoms with E-state index in [1.807, 2.05) is 105 Å². The molecule has 0 radical (unpaired) electrons. The summed E-state index contributed by atoms with van der Waals surface area (Å²) >= 11 is 0. The van der Waals surface area contributed by atoms with Gasteiger partial charge in [-0.15, -0.1) is 10.2 Å². The topological polar surface area (TPSA) is 167 Å². The van der Waals surface area contributed by atoms with Crippen LogP contribution in [0.3, 0.4) is 0 Å². The summed E-state index contributed by atoms with van der Waals surface area (Å²) in [7, 11) is 3.24. The molecule has 16 heteroatoms. The highest BCUT2D eigenvalue weighted by molar-refractivity contribution is 5.61. The van der Waals surface area contributed by atoms with Crippen LogP contribution in [0.4, 0.5) is 0 Å². The van der Waals surface area contributed by atoms with Gasteiger partial charge in [0.05, 0.1) is 72.9 Å². The second-order valence-electron chi connectivity index (χ2n) is 17.3. The highest BCUT2D eigenvalue weighted by atomic mass is 16.5. The molecule has 70 heavy (non-hydrogen) atoms. The molecule has 0 unspecified atom stereocenters. The van der Waals surface area contributed by atoms with Crippen molar-refractivity contribution >= 4 is 0 Å². The summed E-state index contributed by atoms with van der Waals surface area (Å²) in [6.07, 6.45) is 11.4. The van der Waals surface area contributed by atoms with Crippen molar-refractivity contribution < 1.29 is 9.47 Å². The van der Waals surface area contributed by atoms with Gasteiger partial charge in [-0.05, 0) is 88.1 Å². The van der Waals surface area contributed by atoms with Crippen molar-refractivity contribution in [1.82, 2.24) is 68.6 Å². The minimum absolute atomic E-state index is 0.0868. The van der Waals surface area contributed by atoms with E-state index in [4.69, 9.17) is 49.6 Å². The average Bonchev–Trinajstić information content (AvgIpc) is 4.26. The third-order valence-electron chi connectivity index (χ3n) is 12.6. The minimum Gasteiger partial charge on any atom is -0.479 e. The van der Waals surface area contributed by atoms with Gasteiger partial charge < -0.3 is 18.6 Å². The van der Waals surface area contributed by atoms with Crippen molar-refractivity contribution in [1.29, 1.82) is 0 Å². The summed E-state index contributed by atoms with van der Waals surface area (Å²) in [6.45, 7) is 5.57. The smallest absolute Gasteiger partial charge is 0.238 e. The first-order valence-corrected chi connectivity index (χ1v) is 23.5. The molecule has 0 bridgehead atoms. The fraction of sp³-hybridized carbons (Fsp3) is 0.222. The quantitative estimate of drug-likeness (QED) is 0.128. The van der Waals surface area contributed by atoms with E-state index in [1.54, 1.807) is 26.9 Å². The third-order valence-corrected chi connectivity index (χ3v) is 12.6. The lowest BCUT2D eigenvalue weighted by molar-refractivity contribution is 0.396. The van der Waals surface area contributed by atoms with Crippen LogP contribution in [-0.2, 0) is 13.1 Å². The molecule has 2 aliphatic rings. The number of fused-ring (bicyclic) bond motifs is 2. The summed E-state index contributed by atoms with van der Waals surface area (Å²) in [6, 6.07) is 40.7. The van der Waals surface area contributed by atoms with Gasteiger partial charge in [0.1, 0.15) is 34.4 Å². The van der Waals surface area contributed by atoms with Crippen LogP contribution < -0.4 is 9.47 Å². The van der Waals surface area contributed by atoms with Gasteiger partial charge in [0.15, 0.2) is 11.6 Å². The summed E-state index contributed by atoms with van der Waals surface area (Å²) in [5.74, 6) is 4.23. The molecule has 8 aromatic heterocycles. The van der Waals surface area contributed by atoms with Gasteiger partial charge in [0.25, 0.3) is 0 Å². The highest BCUT2D eigenvalue weighted by Crippen LogP contribution is 2.36. The highest BCUT2D eigenvalue weighted by Gasteiger charge is 2.30. The van der Waals surface area contributed by atoms with E-state index in [-0.39, 0.29) is 11.8 Å². The molecule has 0 N–H and O–H groups in total. The van der Waals surface area contributed by atoms with Crippen LogP contribution in [0.1, 0.15) is 71.9 Å². The van der Waals surface area contributed by atoms with E-state index in [1.165, 1.54) is 0 Å². The van der Waals surface area contributed by atoms with Crippen molar-refractivity contribution in [3.63, 3.8) is 0 Å². The lowest BCUT2D eigenvalue weighted by Crippen LogP contribution is -2.18. The van der Waals surface area contributed by atoms with E-state index in [0.29, 0.717) is 34.8 Å². The largest absolute Gasteiger partial charge is 0.479 e. The zero-order valence-corrected chi connectivity index (χ0v) is 39.3. The van der Waals surface area contributed by atoms with Gasteiger partial charge in [0.2, 0.25) is 11.8 Å². The maximum absolute atomic E-state index is 5.59. The Morgan fingerprint density at radius 2 is 0.900 bits per heavy atom. The maximum atomic E-state index is 5.59. The molecule has 348 valence electrons. The summed E-state index contributed by atoms with van der Waals surface area (Å²) in [4.78, 5) is 37.9. The molecule has 0 fully saturated rings. The average molecular weight is 927 g/mol. The van der Waals surface area contributed by atoms with Crippen LogP contribution in [0, 0.1) is 13.8 Å². The van der Waals surface area contributed by atoms with Crippen LogP contribution in [0.2, 0.25) is 0 Å². The number of pyridine rings is 4. The zero-order valence-electron chi connectivity index (χ0n) is 39.3. The Balaban J connectivity index is 0.000000152. The van der Waals surface area contributed by atoms with Gasteiger partial charge in [-0.1, -0.05) is 72.8 Å². The molecule has 0 aliphatic carbocycles. The third kappa shape index (κ3) is 8.82. The molecule has 0 spiro atoms.